The number of hydrogen-bond acceptors (Lipinski definition) is 2. The molecule has 5 heteroatoms. The second kappa shape index (κ2) is 4.60. The highest BCUT2D eigenvalue weighted by Crippen LogP contribution is 2.27. The van der Waals surface area contributed by atoms with Gasteiger partial charge in [-0.1, -0.05) is 29.3 Å². The maximum Gasteiger partial charge on any atom is 0.219 e. The summed E-state index contributed by atoms with van der Waals surface area (Å²) < 4.78 is 5.40. The molecule has 2 nitrogen and oxygen atoms in total. The molecule has 1 aromatic carbocycles. The number of benzene rings is 1. The Balaban J connectivity index is 2.38. The largest absolute Gasteiger partial charge is 0.475 e. The summed E-state index contributed by atoms with van der Waals surface area (Å²) in [5.74, 6) is 0.919. The quantitative estimate of drug-likeness (QED) is 0.751. The zero-order chi connectivity index (χ0) is 10.8. The number of nitrogens with zero attached hydrogens (tertiary/aromatic N) is 1. The van der Waals surface area contributed by atoms with Gasteiger partial charge in [-0.05, 0) is 12.1 Å². The second-order valence-corrected chi connectivity index (χ2v) is 4.27. The Bertz CT molecular complexity index is 385. The fourth-order valence-electron chi connectivity index (χ4n) is 1.33. The van der Waals surface area contributed by atoms with Gasteiger partial charge in [0.25, 0.3) is 0 Å². The van der Waals surface area contributed by atoms with Gasteiger partial charge in [0.15, 0.2) is 0 Å². The van der Waals surface area contributed by atoms with Crippen molar-refractivity contribution in [1.29, 1.82) is 0 Å². The van der Waals surface area contributed by atoms with E-state index in [9.17, 15) is 0 Å². The van der Waals surface area contributed by atoms with Crippen LogP contribution in [0.25, 0.3) is 0 Å². The highest BCUT2D eigenvalue weighted by Gasteiger charge is 2.22. The fourth-order valence-corrected chi connectivity index (χ4v) is 2.05. The highest BCUT2D eigenvalue weighted by atomic mass is 35.5. The molecule has 1 aromatic rings. The van der Waals surface area contributed by atoms with Crippen LogP contribution in [-0.2, 0) is 4.74 Å². The topological polar surface area (TPSA) is 21.6 Å². The molecule has 15 heavy (non-hydrogen) atoms. The Morgan fingerprint density at radius 1 is 1.33 bits per heavy atom. The van der Waals surface area contributed by atoms with Crippen LogP contribution in [0, 0.1) is 0 Å². The standard InChI is InChI=1S/C10H8Cl3NO/c11-4-6-5-15-10(14-6)9-7(12)2-1-3-8(9)13/h1-3,6H,4-5H2. The first-order valence-corrected chi connectivity index (χ1v) is 5.72. The molecule has 1 aliphatic heterocycles. The molecule has 0 spiro atoms. The maximum absolute atomic E-state index is 6.02. The van der Waals surface area contributed by atoms with Crippen LogP contribution in [0.5, 0.6) is 0 Å². The lowest BCUT2D eigenvalue weighted by Crippen LogP contribution is -2.07. The van der Waals surface area contributed by atoms with Crippen LogP contribution >= 0.6 is 34.8 Å². The van der Waals surface area contributed by atoms with Crippen LogP contribution in [0.3, 0.4) is 0 Å². The van der Waals surface area contributed by atoms with Crippen LogP contribution in [0.1, 0.15) is 5.56 Å². The molecule has 2 rings (SSSR count). The van der Waals surface area contributed by atoms with Gasteiger partial charge in [0.05, 0.1) is 15.6 Å². The summed E-state index contributed by atoms with van der Waals surface area (Å²) in [6.07, 6.45) is 0. The van der Waals surface area contributed by atoms with Crippen LogP contribution in [0.2, 0.25) is 10.0 Å². The smallest absolute Gasteiger partial charge is 0.219 e. The predicted octanol–water partition coefficient (Wildman–Crippen LogP) is 3.38. The summed E-state index contributed by atoms with van der Waals surface area (Å²) in [7, 11) is 0. The lowest BCUT2D eigenvalue weighted by atomic mass is 10.2. The zero-order valence-corrected chi connectivity index (χ0v) is 9.98. The summed E-state index contributed by atoms with van der Waals surface area (Å²) in [5.41, 5.74) is 0.647. The maximum atomic E-state index is 6.02. The van der Waals surface area contributed by atoms with Crippen molar-refractivity contribution >= 4 is 40.7 Å². The normalized spacial score (nSPS) is 19.9. The minimum absolute atomic E-state index is 0.00555. The van der Waals surface area contributed by atoms with Gasteiger partial charge in [-0.3, -0.25) is 0 Å². The number of rotatable bonds is 2. The van der Waals surface area contributed by atoms with Crippen molar-refractivity contribution in [3.05, 3.63) is 33.8 Å². The van der Waals surface area contributed by atoms with E-state index in [-0.39, 0.29) is 6.04 Å². The molecule has 0 fully saturated rings. The number of halogens is 3. The molecule has 0 amide bonds. The fraction of sp³-hybridized carbons (Fsp3) is 0.300. The molecule has 0 N–H and O–H groups in total. The van der Waals surface area contributed by atoms with Gasteiger partial charge < -0.3 is 4.74 Å². The van der Waals surface area contributed by atoms with E-state index in [0.717, 1.165) is 0 Å². The number of ether oxygens (including phenoxy) is 1. The van der Waals surface area contributed by atoms with Gasteiger partial charge in [0.1, 0.15) is 12.6 Å². The lowest BCUT2D eigenvalue weighted by molar-refractivity contribution is 0.325. The van der Waals surface area contributed by atoms with E-state index >= 15 is 0 Å². The zero-order valence-electron chi connectivity index (χ0n) is 7.71. The average molecular weight is 265 g/mol. The SMILES string of the molecule is ClCC1COC(c2c(Cl)cccc2Cl)=N1. The number of alkyl halides is 1. The van der Waals surface area contributed by atoms with Crippen molar-refractivity contribution in [3.8, 4) is 0 Å². The second-order valence-electron chi connectivity index (χ2n) is 3.15. The van der Waals surface area contributed by atoms with Gasteiger partial charge in [-0.2, -0.15) is 0 Å². The van der Waals surface area contributed by atoms with E-state index < -0.39 is 0 Å². The summed E-state index contributed by atoms with van der Waals surface area (Å²) >= 11 is 17.7. The molecule has 0 radical (unpaired) electrons. The molecule has 80 valence electrons. The van der Waals surface area contributed by atoms with E-state index in [1.54, 1.807) is 18.2 Å². The molecule has 1 atom stereocenters. The van der Waals surface area contributed by atoms with Gasteiger partial charge in [-0.15, -0.1) is 11.6 Å². The minimum atomic E-state index is -0.00555. The first kappa shape index (κ1) is 11.1. The van der Waals surface area contributed by atoms with Crippen molar-refractivity contribution in [2.75, 3.05) is 12.5 Å². The Morgan fingerprint density at radius 3 is 2.53 bits per heavy atom. The number of hydrogen-bond donors (Lipinski definition) is 0. The van der Waals surface area contributed by atoms with Gasteiger partial charge in [-0.25, -0.2) is 4.99 Å². The third-order valence-corrected chi connectivity index (χ3v) is 3.05. The first-order valence-electron chi connectivity index (χ1n) is 4.43. The molecule has 0 saturated heterocycles. The van der Waals surface area contributed by atoms with E-state index in [0.29, 0.717) is 34.0 Å². The van der Waals surface area contributed by atoms with Crippen LogP contribution < -0.4 is 0 Å². The van der Waals surface area contributed by atoms with Crippen LogP contribution in [0.4, 0.5) is 0 Å². The Morgan fingerprint density at radius 2 is 2.00 bits per heavy atom. The van der Waals surface area contributed by atoms with Crippen LogP contribution in [-0.4, -0.2) is 24.4 Å². The highest BCUT2D eigenvalue weighted by molar-refractivity contribution is 6.39. The minimum Gasteiger partial charge on any atom is -0.475 e. The third kappa shape index (κ3) is 2.22. The third-order valence-electron chi connectivity index (χ3n) is 2.07. The van der Waals surface area contributed by atoms with E-state index in [1.165, 1.54) is 0 Å². The molecule has 0 bridgehead atoms. The molecule has 0 saturated carbocycles. The van der Waals surface area contributed by atoms with Gasteiger partial charge >= 0.3 is 0 Å². The summed E-state index contributed by atoms with van der Waals surface area (Å²) in [4.78, 5) is 4.29. The van der Waals surface area contributed by atoms with Gasteiger partial charge in [0, 0.05) is 5.88 Å². The molecule has 0 aromatic heterocycles. The van der Waals surface area contributed by atoms with Crippen molar-refractivity contribution in [2.24, 2.45) is 4.99 Å². The lowest BCUT2D eigenvalue weighted by Gasteiger charge is -2.05. The Labute approximate surface area is 103 Å². The number of aliphatic imine (C=N–C) groups is 1. The summed E-state index contributed by atoms with van der Waals surface area (Å²) in [6.45, 7) is 0.486. The van der Waals surface area contributed by atoms with Crippen molar-refractivity contribution in [2.45, 2.75) is 6.04 Å². The monoisotopic (exact) mass is 263 g/mol. The van der Waals surface area contributed by atoms with Crippen LogP contribution in [0.15, 0.2) is 23.2 Å². The van der Waals surface area contributed by atoms with E-state index in [1.807, 2.05) is 0 Å². The van der Waals surface area contributed by atoms with E-state index in [4.69, 9.17) is 39.5 Å². The molecule has 1 aliphatic rings. The first-order chi connectivity index (χ1) is 7.22. The Hall–Kier alpha value is -0.440. The molecule has 1 unspecified atom stereocenters. The predicted molar refractivity (Wildman–Crippen MR) is 63.5 cm³/mol. The molecule has 0 aliphatic carbocycles. The van der Waals surface area contributed by atoms with Crippen molar-refractivity contribution < 1.29 is 4.74 Å². The van der Waals surface area contributed by atoms with Crippen molar-refractivity contribution in [3.63, 3.8) is 0 Å². The van der Waals surface area contributed by atoms with E-state index in [2.05, 4.69) is 4.99 Å². The molecule has 1 heterocycles. The molecular weight excluding hydrogens is 256 g/mol. The molecular formula is C10H8Cl3NO. The average Bonchev–Trinajstić information content (AvgIpc) is 2.66. The van der Waals surface area contributed by atoms with Gasteiger partial charge in [0.2, 0.25) is 5.90 Å². The Kier molecular flexibility index (Phi) is 3.39. The summed E-state index contributed by atoms with van der Waals surface area (Å²) in [6, 6.07) is 5.28. The van der Waals surface area contributed by atoms with Crippen molar-refractivity contribution in [1.82, 2.24) is 0 Å². The summed E-state index contributed by atoms with van der Waals surface area (Å²) in [5, 5.41) is 1.08.